The topological polar surface area (TPSA) is 67.7 Å². The third kappa shape index (κ3) is 5.16. The van der Waals surface area contributed by atoms with E-state index in [0.717, 1.165) is 28.2 Å². The summed E-state index contributed by atoms with van der Waals surface area (Å²) in [5.74, 6) is -0.887. The lowest BCUT2D eigenvalue weighted by atomic mass is 10.1. The average molecular weight is 513 g/mol. The first kappa shape index (κ1) is 25.2. The second-order valence-electron chi connectivity index (χ2n) is 9.17. The summed E-state index contributed by atoms with van der Waals surface area (Å²) in [4.78, 5) is 29.3. The molecular weight excluding hydrogens is 483 g/mol. The average Bonchev–Trinajstić information content (AvgIpc) is 3.39. The normalized spacial score (nSPS) is 13.4. The molecule has 3 aromatic carbocycles. The third-order valence-corrected chi connectivity index (χ3v) is 6.72. The molecule has 0 spiro atoms. The Morgan fingerprint density at radius 3 is 2.26 bits per heavy atom. The van der Waals surface area contributed by atoms with Crippen LogP contribution in [0.1, 0.15) is 33.3 Å². The van der Waals surface area contributed by atoms with Crippen molar-refractivity contribution in [3.05, 3.63) is 102 Å². The van der Waals surface area contributed by atoms with Crippen molar-refractivity contribution in [1.29, 1.82) is 0 Å². The van der Waals surface area contributed by atoms with E-state index in [4.69, 9.17) is 4.74 Å². The molecule has 8 heteroatoms. The fourth-order valence-electron chi connectivity index (χ4n) is 4.66. The lowest BCUT2D eigenvalue weighted by Crippen LogP contribution is -2.48. The van der Waals surface area contributed by atoms with Gasteiger partial charge >= 0.3 is 5.97 Å². The Morgan fingerprint density at radius 2 is 1.61 bits per heavy atom. The fourth-order valence-corrected chi connectivity index (χ4v) is 4.66. The van der Waals surface area contributed by atoms with E-state index in [0.29, 0.717) is 31.7 Å². The summed E-state index contributed by atoms with van der Waals surface area (Å²) in [6.45, 7) is 6.62. The van der Waals surface area contributed by atoms with Crippen molar-refractivity contribution in [2.24, 2.45) is 0 Å². The number of hydrogen-bond acceptors (Lipinski definition) is 5. The van der Waals surface area contributed by atoms with Gasteiger partial charge in [0.05, 0.1) is 18.0 Å². The van der Waals surface area contributed by atoms with E-state index in [9.17, 15) is 14.0 Å². The molecule has 1 aliphatic heterocycles. The van der Waals surface area contributed by atoms with Gasteiger partial charge in [-0.2, -0.15) is 5.10 Å². The Morgan fingerprint density at radius 1 is 0.921 bits per heavy atom. The zero-order valence-electron chi connectivity index (χ0n) is 21.4. The number of aryl methyl sites for hydroxylation is 1. The molecule has 0 radical (unpaired) electrons. The van der Waals surface area contributed by atoms with Crippen LogP contribution in [0.5, 0.6) is 0 Å². The van der Waals surface area contributed by atoms with Gasteiger partial charge in [-0.15, -0.1) is 0 Å². The van der Waals surface area contributed by atoms with Crippen molar-refractivity contribution < 1.29 is 18.7 Å². The van der Waals surface area contributed by atoms with Crippen molar-refractivity contribution in [2.75, 3.05) is 37.7 Å². The molecule has 1 amide bonds. The minimum atomic E-state index is -0.453. The van der Waals surface area contributed by atoms with E-state index in [1.807, 2.05) is 55.5 Å². The van der Waals surface area contributed by atoms with Crippen molar-refractivity contribution in [3.63, 3.8) is 0 Å². The largest absolute Gasteiger partial charge is 0.461 e. The van der Waals surface area contributed by atoms with Crippen LogP contribution in [0.15, 0.2) is 78.9 Å². The smallest absolute Gasteiger partial charge is 0.358 e. The van der Waals surface area contributed by atoms with Gasteiger partial charge in [0.25, 0.3) is 5.91 Å². The Balaban J connectivity index is 1.34. The molecule has 2 heterocycles. The summed E-state index contributed by atoms with van der Waals surface area (Å²) in [6.07, 6.45) is 0. The lowest BCUT2D eigenvalue weighted by molar-refractivity contribution is 0.0518. The second-order valence-corrected chi connectivity index (χ2v) is 9.17. The van der Waals surface area contributed by atoms with Gasteiger partial charge in [-0.25, -0.2) is 13.9 Å². The number of hydrogen-bond donors (Lipinski definition) is 0. The number of carbonyl (C=O) groups excluding carboxylic acids is 2. The molecule has 7 nitrogen and oxygen atoms in total. The van der Waals surface area contributed by atoms with Crippen LogP contribution in [0.2, 0.25) is 0 Å². The predicted octanol–water partition coefficient (Wildman–Crippen LogP) is 5.13. The van der Waals surface area contributed by atoms with E-state index < -0.39 is 5.97 Å². The zero-order chi connectivity index (χ0) is 26.6. The lowest BCUT2D eigenvalue weighted by Gasteiger charge is -2.36. The minimum Gasteiger partial charge on any atom is -0.461 e. The molecule has 5 rings (SSSR count). The van der Waals surface area contributed by atoms with Crippen LogP contribution in [-0.4, -0.2) is 59.3 Å². The highest BCUT2D eigenvalue weighted by Gasteiger charge is 2.23. The van der Waals surface area contributed by atoms with E-state index in [-0.39, 0.29) is 24.0 Å². The first-order valence-electron chi connectivity index (χ1n) is 12.7. The molecule has 4 aromatic rings. The van der Waals surface area contributed by atoms with Crippen molar-refractivity contribution in [1.82, 2.24) is 14.7 Å². The molecule has 1 aliphatic rings. The van der Waals surface area contributed by atoms with Gasteiger partial charge in [0, 0.05) is 43.0 Å². The van der Waals surface area contributed by atoms with E-state index in [1.165, 1.54) is 24.3 Å². The molecule has 0 unspecified atom stereocenters. The van der Waals surface area contributed by atoms with Gasteiger partial charge < -0.3 is 14.5 Å². The molecule has 38 heavy (non-hydrogen) atoms. The summed E-state index contributed by atoms with van der Waals surface area (Å²) in [6, 6.07) is 23.5. The van der Waals surface area contributed by atoms with Gasteiger partial charge in [-0.3, -0.25) is 4.79 Å². The number of rotatable bonds is 6. The molecule has 0 N–H and O–H groups in total. The highest BCUT2D eigenvalue weighted by Crippen LogP contribution is 2.28. The zero-order valence-corrected chi connectivity index (χ0v) is 21.4. The molecular formula is C30H29FN4O3. The molecule has 0 bridgehead atoms. The van der Waals surface area contributed by atoms with Gasteiger partial charge in [-0.1, -0.05) is 30.3 Å². The van der Waals surface area contributed by atoms with E-state index >= 15 is 0 Å². The molecule has 0 atom stereocenters. The maximum atomic E-state index is 13.2. The number of anilines is 1. The van der Waals surface area contributed by atoms with Crippen molar-refractivity contribution in [2.45, 2.75) is 13.8 Å². The van der Waals surface area contributed by atoms with E-state index in [2.05, 4.69) is 10.00 Å². The Bertz CT molecular complexity index is 1440. The first-order chi connectivity index (χ1) is 18.4. The van der Waals surface area contributed by atoms with Gasteiger partial charge in [0.15, 0.2) is 5.69 Å². The van der Waals surface area contributed by atoms with Gasteiger partial charge in [0.1, 0.15) is 5.82 Å². The summed E-state index contributed by atoms with van der Waals surface area (Å²) in [7, 11) is 0. The molecule has 0 saturated carbocycles. The van der Waals surface area contributed by atoms with Crippen LogP contribution in [0.4, 0.5) is 10.1 Å². The molecule has 1 aromatic heterocycles. The molecule has 1 fully saturated rings. The van der Waals surface area contributed by atoms with Crippen LogP contribution in [0, 0.1) is 12.7 Å². The maximum Gasteiger partial charge on any atom is 0.358 e. The molecule has 1 saturated heterocycles. The highest BCUT2D eigenvalue weighted by atomic mass is 19.1. The second kappa shape index (κ2) is 10.9. The van der Waals surface area contributed by atoms with Crippen LogP contribution in [-0.2, 0) is 4.74 Å². The number of halogens is 1. The predicted molar refractivity (Wildman–Crippen MR) is 144 cm³/mol. The third-order valence-electron chi connectivity index (χ3n) is 6.72. The number of esters is 1. The number of carbonyl (C=O) groups is 2. The standard InChI is InChI=1S/C30H29FN4O3/c1-3-38-30(37)26-20-28(35(32-26)27-7-5-4-6-21(27)2)22-10-14-25(15-11-22)33-16-18-34(19-17-33)29(36)23-8-12-24(31)13-9-23/h4-15,20H,3,16-19H2,1-2H3. The Labute approximate surface area is 221 Å². The quantitative estimate of drug-likeness (QED) is 0.335. The Hall–Kier alpha value is -4.46. The number of benzene rings is 3. The number of nitrogens with zero attached hydrogens (tertiary/aromatic N) is 4. The van der Waals surface area contributed by atoms with Gasteiger partial charge in [-0.05, 0) is 67.9 Å². The summed E-state index contributed by atoms with van der Waals surface area (Å²) >= 11 is 0. The number of aromatic nitrogens is 2. The summed E-state index contributed by atoms with van der Waals surface area (Å²) < 4.78 is 20.2. The fraction of sp³-hybridized carbons (Fsp3) is 0.233. The van der Waals surface area contributed by atoms with Crippen LogP contribution < -0.4 is 4.90 Å². The molecule has 0 aliphatic carbocycles. The van der Waals surface area contributed by atoms with Crippen LogP contribution in [0.25, 0.3) is 16.9 Å². The first-order valence-corrected chi connectivity index (χ1v) is 12.7. The van der Waals surface area contributed by atoms with Crippen molar-refractivity contribution in [3.8, 4) is 16.9 Å². The van der Waals surface area contributed by atoms with Crippen LogP contribution >= 0.6 is 0 Å². The minimum absolute atomic E-state index is 0.0816. The van der Waals surface area contributed by atoms with E-state index in [1.54, 1.807) is 22.6 Å². The SMILES string of the molecule is CCOC(=O)c1cc(-c2ccc(N3CCN(C(=O)c4ccc(F)cc4)CC3)cc2)n(-c2ccccc2C)n1. The number of para-hydroxylation sites is 1. The highest BCUT2D eigenvalue weighted by molar-refractivity contribution is 5.94. The Kier molecular flexibility index (Phi) is 7.22. The monoisotopic (exact) mass is 512 g/mol. The number of amides is 1. The number of piperazine rings is 1. The van der Waals surface area contributed by atoms with Crippen LogP contribution in [0.3, 0.4) is 0 Å². The van der Waals surface area contributed by atoms with Gasteiger partial charge in [0.2, 0.25) is 0 Å². The van der Waals surface area contributed by atoms with Crippen molar-refractivity contribution >= 4 is 17.6 Å². The maximum absolute atomic E-state index is 13.2. The summed E-state index contributed by atoms with van der Waals surface area (Å²) in [5, 5.41) is 4.58. The molecule has 194 valence electrons. The summed E-state index contributed by atoms with van der Waals surface area (Å²) in [5.41, 5.74) is 5.46. The number of ether oxygens (including phenoxy) is 1.